The lowest BCUT2D eigenvalue weighted by Crippen LogP contribution is -2.36. The maximum absolute atomic E-state index is 13.4. The lowest BCUT2D eigenvalue weighted by molar-refractivity contribution is -0.131. The number of likely N-dealkylation sites (N-methyl/N-ethyl adjacent to an activating group) is 1. The van der Waals surface area contributed by atoms with Gasteiger partial charge in [-0.2, -0.15) is 13.9 Å². The van der Waals surface area contributed by atoms with E-state index in [1.165, 1.54) is 39.8 Å². The van der Waals surface area contributed by atoms with Gasteiger partial charge in [0, 0.05) is 48.8 Å². The van der Waals surface area contributed by atoms with Crippen molar-refractivity contribution in [2.24, 2.45) is 0 Å². The Bertz CT molecular complexity index is 1560. The van der Waals surface area contributed by atoms with E-state index in [1.54, 1.807) is 17.2 Å². The molecule has 4 aromatic rings. The third-order valence-electron chi connectivity index (χ3n) is 6.44. The predicted octanol–water partition coefficient (Wildman–Crippen LogP) is 2.85. The number of halogens is 3. The summed E-state index contributed by atoms with van der Waals surface area (Å²) in [4.78, 5) is 34.6. The topological polar surface area (TPSA) is 136 Å². The molecule has 3 N–H and O–H groups in total. The molecule has 1 aliphatic heterocycles. The van der Waals surface area contributed by atoms with Crippen LogP contribution >= 0.6 is 11.6 Å². The third-order valence-corrected chi connectivity index (χ3v) is 6.68. The van der Waals surface area contributed by atoms with E-state index in [1.807, 2.05) is 7.05 Å². The molecule has 0 bridgehead atoms. The Labute approximate surface area is 232 Å². The van der Waals surface area contributed by atoms with Crippen LogP contribution in [0.1, 0.15) is 16.8 Å². The van der Waals surface area contributed by atoms with Crippen LogP contribution in [0.15, 0.2) is 42.9 Å². The van der Waals surface area contributed by atoms with E-state index in [0.717, 1.165) is 19.5 Å². The molecule has 1 aliphatic rings. The van der Waals surface area contributed by atoms with Crippen LogP contribution < -0.4 is 15.8 Å². The molecule has 3 aromatic heterocycles. The minimum Gasteiger partial charge on any atom is -0.434 e. The van der Waals surface area contributed by atoms with Gasteiger partial charge in [-0.25, -0.2) is 9.50 Å². The van der Waals surface area contributed by atoms with Gasteiger partial charge in [0.1, 0.15) is 23.6 Å². The summed E-state index contributed by atoms with van der Waals surface area (Å²) >= 11 is 6.18. The lowest BCUT2D eigenvalue weighted by atomic mass is 10.1. The normalized spacial score (nSPS) is 14.5. The molecule has 0 spiro atoms. The van der Waals surface area contributed by atoms with Gasteiger partial charge in [0.25, 0.3) is 5.91 Å². The molecule has 0 atom stereocenters. The molecule has 15 heteroatoms. The van der Waals surface area contributed by atoms with Crippen LogP contribution in [0.4, 0.5) is 20.3 Å². The number of carbonyl (C=O) groups excluding carboxylic acids is 2. The van der Waals surface area contributed by atoms with Gasteiger partial charge in [-0.15, -0.1) is 5.10 Å². The van der Waals surface area contributed by atoms with E-state index in [4.69, 9.17) is 22.1 Å². The summed E-state index contributed by atoms with van der Waals surface area (Å²) in [6.45, 7) is -0.471. The fourth-order valence-electron chi connectivity index (χ4n) is 4.52. The molecule has 1 fully saturated rings. The first-order valence-electron chi connectivity index (χ1n) is 12.4. The summed E-state index contributed by atoms with van der Waals surface area (Å²) < 4.78 is 33.8. The molecule has 40 heavy (non-hydrogen) atoms. The van der Waals surface area contributed by atoms with Crippen molar-refractivity contribution in [2.45, 2.75) is 19.6 Å². The summed E-state index contributed by atoms with van der Waals surface area (Å²) in [5, 5.41) is 11.5. The molecule has 2 amide bonds. The standard InChI is InChI=1S/C25H26ClF2N9O3/c1-34-7-3-8-35(11-10-34)19(38)14-36-13-17(21(32-36)16-12-15(26)4-5-18(16)40-25(27)28)31-24(39)20-22(29)33-37-9-2-6-30-23(20)37/h2,4-6,9,12-13,25H,3,7-8,10-11,14H2,1H3,(H2,29,33)(H,31,39). The van der Waals surface area contributed by atoms with Crippen LogP contribution in [-0.2, 0) is 11.3 Å². The number of nitrogens with two attached hydrogens (primary N) is 1. The highest BCUT2D eigenvalue weighted by molar-refractivity contribution is 6.31. The number of carbonyl (C=O) groups is 2. The number of fused-ring (bicyclic) bond motifs is 1. The molecule has 4 heterocycles. The van der Waals surface area contributed by atoms with Crippen molar-refractivity contribution in [3.8, 4) is 17.0 Å². The van der Waals surface area contributed by atoms with Crippen molar-refractivity contribution >= 4 is 40.6 Å². The van der Waals surface area contributed by atoms with Crippen LogP contribution in [0.5, 0.6) is 5.75 Å². The maximum atomic E-state index is 13.4. The molecule has 0 aliphatic carbocycles. The summed E-state index contributed by atoms with van der Waals surface area (Å²) in [7, 11) is 2.00. The van der Waals surface area contributed by atoms with Crippen molar-refractivity contribution in [1.29, 1.82) is 0 Å². The molecule has 12 nitrogen and oxygen atoms in total. The molecule has 1 saturated heterocycles. The average Bonchev–Trinajstić information content (AvgIpc) is 3.36. The van der Waals surface area contributed by atoms with Gasteiger partial charge < -0.3 is 25.6 Å². The lowest BCUT2D eigenvalue weighted by Gasteiger charge is -2.20. The van der Waals surface area contributed by atoms with E-state index in [-0.39, 0.29) is 57.2 Å². The minimum atomic E-state index is -3.12. The summed E-state index contributed by atoms with van der Waals surface area (Å²) in [5.41, 5.74) is 6.51. The number of amides is 2. The number of hydrogen-bond acceptors (Lipinski definition) is 8. The number of rotatable bonds is 7. The fourth-order valence-corrected chi connectivity index (χ4v) is 4.69. The zero-order chi connectivity index (χ0) is 28.4. The number of nitrogen functional groups attached to an aromatic ring is 1. The van der Waals surface area contributed by atoms with Gasteiger partial charge in [-0.05, 0) is 44.3 Å². The second kappa shape index (κ2) is 11.4. The average molecular weight is 574 g/mol. The number of anilines is 2. The van der Waals surface area contributed by atoms with Gasteiger partial charge in [-0.1, -0.05) is 11.6 Å². The number of benzene rings is 1. The number of nitrogens with zero attached hydrogens (tertiary/aromatic N) is 7. The van der Waals surface area contributed by atoms with Crippen molar-refractivity contribution in [3.63, 3.8) is 0 Å². The van der Waals surface area contributed by atoms with Crippen LogP contribution in [0.25, 0.3) is 16.9 Å². The Kier molecular flexibility index (Phi) is 7.80. The van der Waals surface area contributed by atoms with E-state index < -0.39 is 12.5 Å². The quantitative estimate of drug-likeness (QED) is 0.344. The Morgan fingerprint density at radius 1 is 1.20 bits per heavy atom. The number of nitrogens with one attached hydrogen (secondary N) is 1. The van der Waals surface area contributed by atoms with E-state index in [2.05, 4.69) is 25.4 Å². The molecule has 0 unspecified atom stereocenters. The van der Waals surface area contributed by atoms with Crippen molar-refractivity contribution in [1.82, 2.24) is 34.2 Å². The zero-order valence-corrected chi connectivity index (χ0v) is 22.2. The zero-order valence-electron chi connectivity index (χ0n) is 21.4. The first-order chi connectivity index (χ1) is 19.2. The number of aromatic nitrogens is 5. The van der Waals surface area contributed by atoms with Crippen molar-refractivity contribution < 1.29 is 23.1 Å². The second-order valence-corrected chi connectivity index (χ2v) is 9.68. The first kappa shape index (κ1) is 27.3. The van der Waals surface area contributed by atoms with Gasteiger partial charge in [0.15, 0.2) is 11.5 Å². The Morgan fingerprint density at radius 3 is 2.83 bits per heavy atom. The molecule has 0 radical (unpaired) electrons. The summed E-state index contributed by atoms with van der Waals surface area (Å²) in [6, 6.07) is 5.69. The van der Waals surface area contributed by atoms with Gasteiger partial charge in [0.05, 0.1) is 5.69 Å². The summed E-state index contributed by atoms with van der Waals surface area (Å²) in [6.07, 6.45) is 5.35. The molecule has 210 valence electrons. The monoisotopic (exact) mass is 573 g/mol. The van der Waals surface area contributed by atoms with Crippen molar-refractivity contribution in [3.05, 3.63) is 53.4 Å². The number of alkyl halides is 2. The molecule has 0 saturated carbocycles. The van der Waals surface area contributed by atoms with E-state index in [0.29, 0.717) is 13.1 Å². The Morgan fingerprint density at radius 2 is 2.02 bits per heavy atom. The van der Waals surface area contributed by atoms with Gasteiger partial charge in [0.2, 0.25) is 5.91 Å². The SMILES string of the molecule is CN1CCCN(C(=O)Cn2cc(NC(=O)c3c(N)nn4cccnc34)c(-c3cc(Cl)ccc3OC(F)F)n2)CC1. The maximum Gasteiger partial charge on any atom is 0.387 e. The van der Waals surface area contributed by atoms with Crippen LogP contribution in [0.3, 0.4) is 0 Å². The first-order valence-corrected chi connectivity index (χ1v) is 12.8. The highest BCUT2D eigenvalue weighted by Gasteiger charge is 2.25. The fraction of sp³-hybridized carbons (Fsp3) is 0.320. The second-order valence-electron chi connectivity index (χ2n) is 9.25. The highest BCUT2D eigenvalue weighted by Crippen LogP contribution is 2.37. The molecule has 5 rings (SSSR count). The highest BCUT2D eigenvalue weighted by atomic mass is 35.5. The number of hydrogen-bond donors (Lipinski definition) is 2. The Hall–Kier alpha value is -4.30. The summed E-state index contributed by atoms with van der Waals surface area (Å²) in [5.74, 6) is -1.10. The molecule has 1 aromatic carbocycles. The van der Waals surface area contributed by atoms with Crippen LogP contribution in [0.2, 0.25) is 5.02 Å². The van der Waals surface area contributed by atoms with E-state index in [9.17, 15) is 18.4 Å². The van der Waals surface area contributed by atoms with Gasteiger partial charge >= 0.3 is 6.61 Å². The van der Waals surface area contributed by atoms with Crippen molar-refractivity contribution in [2.75, 3.05) is 44.3 Å². The Balaban J connectivity index is 1.51. The van der Waals surface area contributed by atoms with Crippen LogP contribution in [-0.4, -0.2) is 85.8 Å². The smallest absolute Gasteiger partial charge is 0.387 e. The minimum absolute atomic E-state index is 0.0132. The largest absolute Gasteiger partial charge is 0.434 e. The number of ether oxygens (including phenoxy) is 1. The van der Waals surface area contributed by atoms with Crippen LogP contribution in [0, 0.1) is 0 Å². The van der Waals surface area contributed by atoms with Gasteiger partial charge in [-0.3, -0.25) is 14.3 Å². The third kappa shape index (κ3) is 5.82. The molecular formula is C25H26ClF2N9O3. The van der Waals surface area contributed by atoms with E-state index >= 15 is 0 Å². The predicted molar refractivity (Wildman–Crippen MR) is 143 cm³/mol. The molecular weight excluding hydrogens is 548 g/mol.